The van der Waals surface area contributed by atoms with E-state index < -0.39 is 15.9 Å². The van der Waals surface area contributed by atoms with Crippen molar-refractivity contribution in [3.8, 4) is 5.75 Å². The van der Waals surface area contributed by atoms with Crippen LogP contribution in [0, 0.1) is 12.8 Å². The third-order valence-electron chi connectivity index (χ3n) is 6.29. The summed E-state index contributed by atoms with van der Waals surface area (Å²) in [6.45, 7) is 3.72. The number of rotatable bonds is 6. The molecule has 9 nitrogen and oxygen atoms in total. The van der Waals surface area contributed by atoms with Crippen LogP contribution in [0.3, 0.4) is 0 Å². The summed E-state index contributed by atoms with van der Waals surface area (Å²) in [5.41, 5.74) is 1.82. The van der Waals surface area contributed by atoms with Crippen molar-refractivity contribution >= 4 is 27.5 Å². The maximum Gasteiger partial charge on any atom is 0.270 e. The van der Waals surface area contributed by atoms with Gasteiger partial charge in [-0.2, -0.15) is 4.31 Å². The Morgan fingerprint density at radius 2 is 1.88 bits per heavy atom. The van der Waals surface area contributed by atoms with Gasteiger partial charge in [0.05, 0.1) is 18.7 Å². The van der Waals surface area contributed by atoms with E-state index in [0.29, 0.717) is 43.9 Å². The molecule has 1 aromatic carbocycles. The fraction of sp³-hybridized carbons (Fsp3) is 0.478. The normalized spacial score (nSPS) is 19.5. The molecule has 4 rings (SSSR count). The number of nitrogens with one attached hydrogen (secondary N) is 2. The molecule has 2 fully saturated rings. The number of carbonyl (C=O) groups is 2. The van der Waals surface area contributed by atoms with Crippen molar-refractivity contribution in [1.29, 1.82) is 0 Å². The lowest BCUT2D eigenvalue weighted by Crippen LogP contribution is -2.43. The number of nitrogens with zero attached hydrogens (tertiary/aromatic N) is 2. The number of amides is 2. The molecule has 2 amide bonds. The van der Waals surface area contributed by atoms with Gasteiger partial charge < -0.3 is 19.9 Å². The monoisotopic (exact) mass is 474 g/mol. The molecule has 0 bridgehead atoms. The first-order chi connectivity index (χ1) is 15.8. The van der Waals surface area contributed by atoms with E-state index in [1.807, 2.05) is 19.1 Å². The Morgan fingerprint density at radius 3 is 2.61 bits per heavy atom. The number of hydrogen-bond donors (Lipinski definition) is 2. The molecule has 2 saturated heterocycles. The molecule has 0 unspecified atom stereocenters. The predicted molar refractivity (Wildman–Crippen MR) is 124 cm³/mol. The van der Waals surface area contributed by atoms with Crippen LogP contribution in [0.1, 0.15) is 41.7 Å². The number of ether oxygens (including phenoxy) is 1. The lowest BCUT2D eigenvalue weighted by molar-refractivity contribution is -0.120. The summed E-state index contributed by atoms with van der Waals surface area (Å²) in [4.78, 5) is 30.1. The van der Waals surface area contributed by atoms with Crippen molar-refractivity contribution in [1.82, 2.24) is 14.2 Å². The van der Waals surface area contributed by atoms with E-state index >= 15 is 0 Å². The number of carbonyl (C=O) groups excluding carboxylic acids is 2. The minimum atomic E-state index is -3.83. The van der Waals surface area contributed by atoms with Crippen LogP contribution in [0.25, 0.3) is 0 Å². The summed E-state index contributed by atoms with van der Waals surface area (Å²) in [6.07, 6.45) is 4.45. The van der Waals surface area contributed by atoms with Gasteiger partial charge in [0.15, 0.2) is 0 Å². The van der Waals surface area contributed by atoms with Crippen LogP contribution < -0.4 is 10.1 Å². The number of hydrogen-bond acceptors (Lipinski definition) is 5. The van der Waals surface area contributed by atoms with Crippen LogP contribution in [0.15, 0.2) is 35.4 Å². The van der Waals surface area contributed by atoms with Gasteiger partial charge in [0.25, 0.3) is 5.91 Å². The average molecular weight is 475 g/mol. The molecule has 33 heavy (non-hydrogen) atoms. The Balaban J connectivity index is 1.46. The Hall–Kier alpha value is -2.85. The second-order valence-corrected chi connectivity index (χ2v) is 10.6. The standard InChI is InChI=1S/C23H30N4O5S/c1-16-7-8-21(32-2)19(12-16)25-22(28)17-6-5-11-27(15-17)33(30,31)18-13-20(24-14-18)23(29)26-9-3-4-10-26/h7-8,12-14,17,24H,3-6,9-11,15H2,1-2H3,(H,25,28)/t17-/m1/s1. The van der Waals surface area contributed by atoms with Crippen LogP contribution >= 0.6 is 0 Å². The number of methoxy groups -OCH3 is 1. The fourth-order valence-electron chi connectivity index (χ4n) is 4.42. The number of aryl methyl sites for hydroxylation is 1. The first kappa shape index (κ1) is 23.3. The topological polar surface area (TPSA) is 112 Å². The molecule has 178 valence electrons. The molecule has 0 spiro atoms. The van der Waals surface area contributed by atoms with Crippen LogP contribution in [-0.2, 0) is 14.8 Å². The number of anilines is 1. The first-order valence-electron chi connectivity index (χ1n) is 11.2. The van der Waals surface area contributed by atoms with Crippen LogP contribution in [-0.4, -0.2) is 67.7 Å². The second-order valence-electron chi connectivity index (χ2n) is 8.64. The number of likely N-dealkylation sites (tertiary alicyclic amines) is 1. The van der Waals surface area contributed by atoms with E-state index in [4.69, 9.17) is 4.74 Å². The molecule has 10 heteroatoms. The maximum atomic E-state index is 13.2. The molecule has 2 aliphatic rings. The molecular weight excluding hydrogens is 444 g/mol. The lowest BCUT2D eigenvalue weighted by atomic mass is 9.98. The Kier molecular flexibility index (Phi) is 6.76. The molecule has 0 saturated carbocycles. The van der Waals surface area contributed by atoms with Gasteiger partial charge in [0.1, 0.15) is 16.3 Å². The Morgan fingerprint density at radius 1 is 1.12 bits per heavy atom. The highest BCUT2D eigenvalue weighted by molar-refractivity contribution is 7.89. The van der Waals surface area contributed by atoms with E-state index in [1.54, 1.807) is 11.0 Å². The lowest BCUT2D eigenvalue weighted by Gasteiger charge is -2.31. The van der Waals surface area contributed by atoms with Crippen molar-refractivity contribution in [2.24, 2.45) is 5.92 Å². The van der Waals surface area contributed by atoms with Gasteiger partial charge in [-0.05, 0) is 56.4 Å². The first-order valence-corrected chi connectivity index (χ1v) is 12.7. The van der Waals surface area contributed by atoms with Crippen LogP contribution in [0.2, 0.25) is 0 Å². The average Bonchev–Trinajstić information content (AvgIpc) is 3.52. The molecule has 1 aromatic heterocycles. The highest BCUT2D eigenvalue weighted by Gasteiger charge is 2.34. The third kappa shape index (κ3) is 4.91. The van der Waals surface area contributed by atoms with Crippen molar-refractivity contribution in [3.63, 3.8) is 0 Å². The molecule has 1 atom stereocenters. The summed E-state index contributed by atoms with van der Waals surface area (Å²) in [6, 6.07) is 6.91. The molecule has 2 aliphatic heterocycles. The summed E-state index contributed by atoms with van der Waals surface area (Å²) in [5.74, 6) is -0.352. The molecular formula is C23H30N4O5S. The number of aromatic amines is 1. The SMILES string of the molecule is COc1ccc(C)cc1NC(=O)[C@@H]1CCCN(S(=O)(=O)c2c[nH]c(C(=O)N3CCCC3)c2)C1. The third-order valence-corrected chi connectivity index (χ3v) is 8.13. The predicted octanol–water partition coefficient (Wildman–Crippen LogP) is 2.61. The van der Waals surface area contributed by atoms with E-state index in [-0.39, 0.29) is 28.9 Å². The Bertz CT molecular complexity index is 1140. The van der Waals surface area contributed by atoms with Gasteiger partial charge in [0.2, 0.25) is 15.9 Å². The maximum absolute atomic E-state index is 13.2. The Labute approximate surface area is 194 Å². The molecule has 0 radical (unpaired) electrons. The van der Waals surface area contributed by atoms with Gasteiger partial charge in [-0.1, -0.05) is 6.07 Å². The van der Waals surface area contributed by atoms with Gasteiger partial charge in [0, 0.05) is 32.4 Å². The number of piperidine rings is 1. The van der Waals surface area contributed by atoms with E-state index in [0.717, 1.165) is 18.4 Å². The number of aromatic nitrogens is 1. The summed E-state index contributed by atoms with van der Waals surface area (Å²) < 4.78 is 33.2. The number of benzene rings is 1. The molecule has 0 aliphatic carbocycles. The summed E-state index contributed by atoms with van der Waals surface area (Å²) in [7, 11) is -2.29. The largest absolute Gasteiger partial charge is 0.495 e. The van der Waals surface area contributed by atoms with E-state index in [9.17, 15) is 18.0 Å². The quantitative estimate of drug-likeness (QED) is 0.668. The van der Waals surface area contributed by atoms with Crippen LogP contribution in [0.5, 0.6) is 5.75 Å². The van der Waals surface area contributed by atoms with Gasteiger partial charge in [-0.25, -0.2) is 8.42 Å². The van der Waals surface area contributed by atoms with Crippen LogP contribution in [0.4, 0.5) is 5.69 Å². The fourth-order valence-corrected chi connectivity index (χ4v) is 5.93. The van der Waals surface area contributed by atoms with Gasteiger partial charge in [-0.3, -0.25) is 9.59 Å². The van der Waals surface area contributed by atoms with Crippen molar-refractivity contribution < 1.29 is 22.7 Å². The zero-order valence-corrected chi connectivity index (χ0v) is 19.8. The summed E-state index contributed by atoms with van der Waals surface area (Å²) in [5, 5.41) is 2.89. The highest BCUT2D eigenvalue weighted by Crippen LogP contribution is 2.29. The molecule has 2 N–H and O–H groups in total. The second kappa shape index (κ2) is 9.56. The minimum Gasteiger partial charge on any atom is -0.495 e. The highest BCUT2D eigenvalue weighted by atomic mass is 32.2. The number of sulfonamides is 1. The van der Waals surface area contributed by atoms with E-state index in [2.05, 4.69) is 10.3 Å². The van der Waals surface area contributed by atoms with Crippen molar-refractivity contribution in [2.75, 3.05) is 38.6 Å². The van der Waals surface area contributed by atoms with Gasteiger partial charge in [-0.15, -0.1) is 0 Å². The van der Waals surface area contributed by atoms with Gasteiger partial charge >= 0.3 is 0 Å². The van der Waals surface area contributed by atoms with E-state index in [1.165, 1.54) is 23.7 Å². The smallest absolute Gasteiger partial charge is 0.270 e. The van der Waals surface area contributed by atoms with Crippen molar-refractivity contribution in [2.45, 2.75) is 37.5 Å². The zero-order chi connectivity index (χ0) is 23.6. The minimum absolute atomic E-state index is 0.0476. The molecule has 3 heterocycles. The molecule has 2 aromatic rings. The zero-order valence-electron chi connectivity index (χ0n) is 19.0. The summed E-state index contributed by atoms with van der Waals surface area (Å²) >= 11 is 0. The number of H-pyrrole nitrogens is 1. The van der Waals surface area contributed by atoms with Crippen molar-refractivity contribution in [3.05, 3.63) is 41.7 Å².